The van der Waals surface area contributed by atoms with E-state index in [1.54, 1.807) is 20.8 Å². The fourth-order valence-corrected chi connectivity index (χ4v) is 8.77. The molecule has 2 aliphatic rings. The highest BCUT2D eigenvalue weighted by molar-refractivity contribution is 6.32. The number of esters is 2. The molecule has 7 amide bonds. The fourth-order valence-electron chi connectivity index (χ4n) is 8.56. The summed E-state index contributed by atoms with van der Waals surface area (Å²) in [6.07, 6.45) is -0.476. The third-order valence-electron chi connectivity index (χ3n) is 13.4. The van der Waals surface area contributed by atoms with E-state index >= 15 is 4.79 Å². The lowest BCUT2D eigenvalue weighted by molar-refractivity contribution is -0.171. The number of benzene rings is 1. The number of likely N-dealkylation sites (N-methyl/N-ethyl adjacent to an activating group) is 1. The number of halogens is 1. The number of hydrogen-bond acceptors (Lipinski definition) is 14. The number of hydrogen-bond donors (Lipinski definition) is 8. The van der Waals surface area contributed by atoms with Crippen LogP contribution in [0.15, 0.2) is 23.2 Å². The van der Waals surface area contributed by atoms with Crippen molar-refractivity contribution < 1.29 is 62.5 Å². The molecule has 1 aromatic carbocycles. The number of nitrogens with two attached hydrogens (primary N) is 2. The van der Waals surface area contributed by atoms with Gasteiger partial charge in [0.25, 0.3) is 0 Å². The van der Waals surface area contributed by atoms with Crippen LogP contribution < -0.4 is 38.1 Å². The first kappa shape index (κ1) is 61.1. The van der Waals surface area contributed by atoms with Crippen molar-refractivity contribution in [3.63, 3.8) is 0 Å². The molecule has 11 atom stereocenters. The number of ether oxygens (including phenoxy) is 3. The van der Waals surface area contributed by atoms with Crippen LogP contribution in [0.2, 0.25) is 5.02 Å². The normalized spacial score (nSPS) is 24.7. The highest BCUT2D eigenvalue weighted by Crippen LogP contribution is 2.30. The van der Waals surface area contributed by atoms with Crippen molar-refractivity contribution in [2.45, 2.75) is 173 Å². The zero-order valence-electron chi connectivity index (χ0n) is 43.5. The standard InChI is InChI=1S/C49H77ClN10O13/c1-10-13-14-17-36(62)54-33(25-38(63)72-9)43(65)58-40-28(6)73-48(70)39(26(4)11-2)57-44(66)34(24-29-18-20-35(61)30(50)23-29)59(7)47(69)41(27(5)12-3)60-37(71-8)21-19-32(46(60)68)56-42(64)31(55-45(40)67)16-15-22-53-49(51)52/h18,20,23,26-28,31-34,37,39-41,61H,10-17,19,21-22,24-25H2,1-9H3,(H,54,62)(H,55,67)(H,56,64)(H,57,66)(H,58,65)(H4,51,52,53)/t26-,27+,28+,31+,32+,33-,34+,37-,39+,40+,41+/m1/s1. The van der Waals surface area contributed by atoms with Gasteiger partial charge in [0.15, 0.2) is 5.96 Å². The molecule has 2 fully saturated rings. The number of methoxy groups -OCH3 is 2. The summed E-state index contributed by atoms with van der Waals surface area (Å²) in [6.45, 7) is 10.2. The minimum absolute atomic E-state index is 0.0185. The summed E-state index contributed by atoms with van der Waals surface area (Å²) >= 11 is 6.30. The molecule has 0 aliphatic carbocycles. The van der Waals surface area contributed by atoms with Crippen LogP contribution in [0, 0.1) is 11.8 Å². The number of phenolic OH excluding ortho intramolecular Hbond substituents is 1. The number of guanidine groups is 1. The van der Waals surface area contributed by atoms with Crippen molar-refractivity contribution in [1.82, 2.24) is 36.4 Å². The van der Waals surface area contributed by atoms with E-state index in [0.717, 1.165) is 13.5 Å². The van der Waals surface area contributed by atoms with Gasteiger partial charge in [0.2, 0.25) is 41.4 Å². The van der Waals surface area contributed by atoms with Crippen LogP contribution in [0.5, 0.6) is 5.75 Å². The second-order valence-electron chi connectivity index (χ2n) is 18.7. The van der Waals surface area contributed by atoms with E-state index in [9.17, 15) is 43.5 Å². The van der Waals surface area contributed by atoms with Crippen LogP contribution in [0.4, 0.5) is 0 Å². The van der Waals surface area contributed by atoms with Crippen molar-refractivity contribution in [2.24, 2.45) is 28.3 Å². The SMILES string of the molecule is CCCCCC(=O)N[C@H](CC(=O)OC)C(=O)N[C@@H]1C(=O)N[C@@H](CCCN=C(N)N)C(=O)N[C@H]2CC[C@@H](OC)N(C2=O)[C@@H]([C@@H](C)CC)C(=O)N(C)[C@@H](Cc2ccc(O)c(Cl)c2)C(=O)N[C@@H]([C@H](C)CC)C(=O)O[C@H]1C. The largest absolute Gasteiger partial charge is 0.506 e. The first-order valence-electron chi connectivity index (χ1n) is 25.0. The lowest BCUT2D eigenvalue weighted by atomic mass is 9.91. The summed E-state index contributed by atoms with van der Waals surface area (Å²) in [5, 5.41) is 23.4. The number of fused-ring (bicyclic) bond motifs is 2. The quantitative estimate of drug-likeness (QED) is 0.0392. The Labute approximate surface area is 432 Å². The van der Waals surface area contributed by atoms with E-state index in [1.807, 2.05) is 13.8 Å². The van der Waals surface area contributed by atoms with E-state index < -0.39 is 126 Å². The van der Waals surface area contributed by atoms with Gasteiger partial charge >= 0.3 is 11.9 Å². The molecule has 2 aliphatic heterocycles. The molecule has 2 heterocycles. The van der Waals surface area contributed by atoms with Crippen molar-refractivity contribution in [3.8, 4) is 5.75 Å². The number of amides is 7. The number of carbonyl (C=O) groups is 9. The lowest BCUT2D eigenvalue weighted by Crippen LogP contribution is -2.66. The Balaban J connectivity index is 2.31. The fraction of sp³-hybridized carbons (Fsp3) is 0.673. The smallest absolute Gasteiger partial charge is 0.329 e. The second-order valence-corrected chi connectivity index (χ2v) is 19.1. The predicted molar refractivity (Wildman–Crippen MR) is 269 cm³/mol. The van der Waals surface area contributed by atoms with Crippen LogP contribution in [0.3, 0.4) is 0 Å². The van der Waals surface area contributed by atoms with Crippen molar-refractivity contribution in [3.05, 3.63) is 28.8 Å². The molecule has 73 heavy (non-hydrogen) atoms. The zero-order valence-corrected chi connectivity index (χ0v) is 44.3. The summed E-state index contributed by atoms with van der Waals surface area (Å²) in [5.74, 6) is -9.24. The molecule has 1 aromatic rings. The van der Waals surface area contributed by atoms with E-state index in [0.29, 0.717) is 31.2 Å². The van der Waals surface area contributed by atoms with Crippen molar-refractivity contribution >= 4 is 70.8 Å². The molecule has 0 aromatic heterocycles. The number of carbonyl (C=O) groups excluding carboxylic acids is 9. The summed E-state index contributed by atoms with van der Waals surface area (Å²) < 4.78 is 16.5. The maximum absolute atomic E-state index is 15.1. The molecule has 24 heteroatoms. The Morgan fingerprint density at radius 2 is 1.62 bits per heavy atom. The van der Waals surface area contributed by atoms with Gasteiger partial charge in [-0.2, -0.15) is 0 Å². The Morgan fingerprint density at radius 3 is 2.22 bits per heavy atom. The first-order chi connectivity index (χ1) is 34.5. The minimum Gasteiger partial charge on any atom is -0.506 e. The van der Waals surface area contributed by atoms with Gasteiger partial charge in [-0.25, -0.2) is 4.79 Å². The third kappa shape index (κ3) is 17.5. The molecule has 23 nitrogen and oxygen atoms in total. The number of aliphatic imine (C=N–C) groups is 1. The molecular formula is C49H77ClN10O13. The van der Waals surface area contributed by atoms with Gasteiger partial charge in [-0.05, 0) is 68.6 Å². The molecule has 2 bridgehead atoms. The molecular weight excluding hydrogens is 972 g/mol. The Kier molecular flexibility index (Phi) is 24.6. The van der Waals surface area contributed by atoms with E-state index in [4.69, 9.17) is 37.3 Å². The highest BCUT2D eigenvalue weighted by atomic mass is 35.5. The Hall–Kier alpha value is -6.23. The lowest BCUT2D eigenvalue weighted by Gasteiger charge is -2.46. The van der Waals surface area contributed by atoms with E-state index in [2.05, 4.69) is 31.6 Å². The summed E-state index contributed by atoms with van der Waals surface area (Å²) in [7, 11) is 3.86. The van der Waals surface area contributed by atoms with Crippen LogP contribution in [0.1, 0.15) is 118 Å². The van der Waals surface area contributed by atoms with Gasteiger partial charge < -0.3 is 67.2 Å². The monoisotopic (exact) mass is 1050 g/mol. The van der Waals surface area contributed by atoms with Crippen LogP contribution >= 0.6 is 11.6 Å². The first-order valence-corrected chi connectivity index (χ1v) is 25.3. The molecule has 0 saturated carbocycles. The molecule has 0 radical (unpaired) electrons. The average Bonchev–Trinajstić information content (AvgIpc) is 3.35. The maximum atomic E-state index is 15.1. The van der Waals surface area contributed by atoms with Crippen LogP contribution in [0.25, 0.3) is 0 Å². The Morgan fingerprint density at radius 1 is 0.932 bits per heavy atom. The third-order valence-corrected chi connectivity index (χ3v) is 13.7. The predicted octanol–water partition coefficient (Wildman–Crippen LogP) is 1.04. The van der Waals surface area contributed by atoms with Gasteiger partial charge in [-0.1, -0.05) is 78.0 Å². The number of rotatable bonds is 20. The van der Waals surface area contributed by atoms with Crippen LogP contribution in [-0.4, -0.2) is 157 Å². The maximum Gasteiger partial charge on any atom is 0.329 e. The topological polar surface area (TPSA) is 333 Å². The molecule has 10 N–H and O–H groups in total. The van der Waals surface area contributed by atoms with Gasteiger partial charge in [-0.15, -0.1) is 0 Å². The number of nitrogens with one attached hydrogen (secondary N) is 5. The number of aromatic hydroxyl groups is 1. The Bertz CT molecular complexity index is 2140. The highest BCUT2D eigenvalue weighted by Gasteiger charge is 2.48. The zero-order chi connectivity index (χ0) is 54.7. The summed E-state index contributed by atoms with van der Waals surface area (Å²) in [6, 6.07) is -5.94. The number of nitrogens with zero attached hydrogens (tertiary/aromatic N) is 3. The second kappa shape index (κ2) is 29.5. The van der Waals surface area contributed by atoms with E-state index in [1.165, 1.54) is 49.1 Å². The molecule has 408 valence electrons. The summed E-state index contributed by atoms with van der Waals surface area (Å²) in [5.41, 5.74) is 11.5. The van der Waals surface area contributed by atoms with Crippen molar-refractivity contribution in [2.75, 3.05) is 27.8 Å². The molecule has 2 saturated heterocycles. The molecule has 0 spiro atoms. The van der Waals surface area contributed by atoms with Crippen LogP contribution in [-0.2, 0) is 63.8 Å². The number of piperidine rings is 1. The van der Waals surface area contributed by atoms with Gasteiger partial charge in [0.05, 0.1) is 18.6 Å². The van der Waals surface area contributed by atoms with Gasteiger partial charge in [0.1, 0.15) is 60.4 Å². The molecule has 0 unspecified atom stereocenters. The number of phenols is 1. The van der Waals surface area contributed by atoms with Gasteiger partial charge in [-0.3, -0.25) is 43.3 Å². The van der Waals surface area contributed by atoms with E-state index in [-0.39, 0.29) is 61.8 Å². The average molecular weight is 1050 g/mol. The van der Waals surface area contributed by atoms with Crippen molar-refractivity contribution in [1.29, 1.82) is 0 Å². The number of cyclic esters (lactones) is 1. The van der Waals surface area contributed by atoms with Gasteiger partial charge in [0, 0.05) is 33.5 Å². The summed E-state index contributed by atoms with van der Waals surface area (Å²) in [4.78, 5) is 135. The molecule has 3 rings (SSSR count). The number of unbranched alkanes of at least 4 members (excludes halogenated alkanes) is 2. The minimum atomic E-state index is -1.83.